The molecule has 3 rings (SSSR count). The Morgan fingerprint density at radius 3 is 3.10 bits per heavy atom. The Hall–Kier alpha value is -2.08. The minimum absolute atomic E-state index is 0.0735. The summed E-state index contributed by atoms with van der Waals surface area (Å²) in [5.74, 6) is 0.559. The number of carbonyl (C=O) groups is 1. The topological polar surface area (TPSA) is 70.2 Å². The monoisotopic (exact) mass is 274 g/mol. The molecule has 6 nitrogen and oxygen atoms in total. The number of fused-ring (bicyclic) bond motifs is 1. The summed E-state index contributed by atoms with van der Waals surface area (Å²) < 4.78 is 5.20. The van der Waals surface area contributed by atoms with Gasteiger partial charge in [-0.2, -0.15) is 0 Å². The fourth-order valence-electron chi connectivity index (χ4n) is 2.41. The molecule has 1 saturated heterocycles. The Morgan fingerprint density at radius 1 is 1.60 bits per heavy atom. The van der Waals surface area contributed by atoms with E-state index < -0.39 is 0 Å². The van der Waals surface area contributed by atoms with E-state index in [1.807, 2.05) is 18.3 Å². The molecular weight excluding hydrogens is 256 g/mol. The summed E-state index contributed by atoms with van der Waals surface area (Å²) in [6.07, 6.45) is 3.56. The summed E-state index contributed by atoms with van der Waals surface area (Å²) >= 11 is 0. The third kappa shape index (κ3) is 2.46. The van der Waals surface area contributed by atoms with Crippen molar-refractivity contribution in [1.82, 2.24) is 14.9 Å². The molecule has 1 aliphatic heterocycles. The van der Waals surface area contributed by atoms with Crippen LogP contribution < -0.4 is 5.32 Å². The number of nitrogens with one attached hydrogen (secondary N) is 2. The minimum atomic E-state index is -0.152. The zero-order valence-corrected chi connectivity index (χ0v) is 11.6. The van der Waals surface area contributed by atoms with E-state index in [9.17, 15) is 4.79 Å². The number of carbonyl (C=O) groups excluding carboxylic acids is 1. The average molecular weight is 274 g/mol. The van der Waals surface area contributed by atoms with Crippen LogP contribution in [0.2, 0.25) is 0 Å². The molecule has 2 N–H and O–H groups in total. The van der Waals surface area contributed by atoms with Crippen LogP contribution in [0, 0.1) is 5.41 Å². The maximum Gasteiger partial charge on any atom is 0.322 e. The van der Waals surface area contributed by atoms with Crippen molar-refractivity contribution in [2.45, 2.75) is 6.92 Å². The highest BCUT2D eigenvalue weighted by atomic mass is 16.5. The zero-order valence-electron chi connectivity index (χ0n) is 11.6. The van der Waals surface area contributed by atoms with Crippen LogP contribution in [0.4, 0.5) is 10.6 Å². The lowest BCUT2D eigenvalue weighted by molar-refractivity contribution is -0.108. The van der Waals surface area contributed by atoms with Gasteiger partial charge in [0.05, 0.1) is 24.9 Å². The van der Waals surface area contributed by atoms with Crippen molar-refractivity contribution in [3.05, 3.63) is 24.5 Å². The number of pyridine rings is 1. The van der Waals surface area contributed by atoms with Crippen LogP contribution in [0.1, 0.15) is 6.92 Å². The molecule has 20 heavy (non-hydrogen) atoms. The van der Waals surface area contributed by atoms with E-state index in [0.717, 1.165) is 10.9 Å². The van der Waals surface area contributed by atoms with Gasteiger partial charge in [0.25, 0.3) is 0 Å². The Morgan fingerprint density at radius 2 is 2.40 bits per heavy atom. The first-order valence-corrected chi connectivity index (χ1v) is 6.59. The van der Waals surface area contributed by atoms with Crippen molar-refractivity contribution >= 4 is 22.8 Å². The van der Waals surface area contributed by atoms with Crippen molar-refractivity contribution in [1.29, 1.82) is 0 Å². The lowest BCUT2D eigenvalue weighted by Gasteiger charge is -2.40. The second kappa shape index (κ2) is 4.79. The summed E-state index contributed by atoms with van der Waals surface area (Å²) in [5, 5.41) is 3.84. The third-order valence-corrected chi connectivity index (χ3v) is 3.54. The number of aromatic nitrogens is 2. The summed E-state index contributed by atoms with van der Waals surface area (Å²) in [7, 11) is 1.79. The van der Waals surface area contributed by atoms with Crippen molar-refractivity contribution in [2.24, 2.45) is 5.41 Å². The van der Waals surface area contributed by atoms with E-state index in [2.05, 4.69) is 22.2 Å². The smallest absolute Gasteiger partial charge is 0.322 e. The van der Waals surface area contributed by atoms with Crippen molar-refractivity contribution < 1.29 is 9.53 Å². The summed E-state index contributed by atoms with van der Waals surface area (Å²) in [6, 6.07) is 3.65. The summed E-state index contributed by atoms with van der Waals surface area (Å²) in [4.78, 5) is 21.1. The molecule has 0 aliphatic carbocycles. The quantitative estimate of drug-likeness (QED) is 0.900. The number of nitrogens with zero attached hydrogens (tertiary/aromatic N) is 2. The van der Waals surface area contributed by atoms with Gasteiger partial charge in [0.1, 0.15) is 5.82 Å². The van der Waals surface area contributed by atoms with Crippen LogP contribution in [-0.4, -0.2) is 47.7 Å². The van der Waals surface area contributed by atoms with E-state index in [1.165, 1.54) is 0 Å². The molecule has 0 unspecified atom stereocenters. The van der Waals surface area contributed by atoms with Gasteiger partial charge in [-0.25, -0.2) is 9.78 Å². The minimum Gasteiger partial charge on any atom is -0.380 e. The molecule has 0 aromatic carbocycles. The maximum atomic E-state index is 12.1. The zero-order chi connectivity index (χ0) is 14.2. The van der Waals surface area contributed by atoms with Crippen molar-refractivity contribution in [2.75, 3.05) is 32.1 Å². The highest BCUT2D eigenvalue weighted by Gasteiger charge is 2.35. The number of amides is 2. The molecule has 2 aromatic heterocycles. The van der Waals surface area contributed by atoms with Crippen LogP contribution in [0.3, 0.4) is 0 Å². The van der Waals surface area contributed by atoms with Crippen LogP contribution in [0.15, 0.2) is 24.5 Å². The van der Waals surface area contributed by atoms with E-state index in [0.29, 0.717) is 25.6 Å². The van der Waals surface area contributed by atoms with Gasteiger partial charge in [-0.15, -0.1) is 0 Å². The standard InChI is InChI=1S/C14H18N4O2/c1-14(8-20-9-14)7-18(2)13(19)17-12-5-10-3-4-15-11(10)6-16-12/h3-6,15H,7-9H2,1-2H3,(H,16,17,19). The average Bonchev–Trinajstić information content (AvgIpc) is 2.84. The number of ether oxygens (including phenoxy) is 1. The number of hydrogen-bond donors (Lipinski definition) is 2. The van der Waals surface area contributed by atoms with Crippen molar-refractivity contribution in [3.8, 4) is 0 Å². The second-order valence-corrected chi connectivity index (χ2v) is 5.72. The van der Waals surface area contributed by atoms with Gasteiger partial charge in [-0.3, -0.25) is 5.32 Å². The van der Waals surface area contributed by atoms with Gasteiger partial charge in [-0.05, 0) is 12.1 Å². The Labute approximate surface area is 117 Å². The van der Waals surface area contributed by atoms with Crippen LogP contribution in [-0.2, 0) is 4.74 Å². The molecule has 1 fully saturated rings. The number of rotatable bonds is 3. The molecule has 6 heteroatoms. The molecule has 0 spiro atoms. The van der Waals surface area contributed by atoms with Crippen molar-refractivity contribution in [3.63, 3.8) is 0 Å². The van der Waals surface area contributed by atoms with Gasteiger partial charge < -0.3 is 14.6 Å². The van der Waals surface area contributed by atoms with Gasteiger partial charge in [0, 0.05) is 30.6 Å². The van der Waals surface area contributed by atoms with E-state index in [4.69, 9.17) is 4.74 Å². The molecule has 0 radical (unpaired) electrons. The lowest BCUT2D eigenvalue weighted by atomic mass is 9.88. The van der Waals surface area contributed by atoms with Crippen LogP contribution in [0.25, 0.3) is 10.9 Å². The third-order valence-electron chi connectivity index (χ3n) is 3.54. The molecular formula is C14H18N4O2. The lowest BCUT2D eigenvalue weighted by Crippen LogP contribution is -2.50. The molecule has 1 aliphatic rings. The largest absolute Gasteiger partial charge is 0.380 e. The first kappa shape index (κ1) is 12.9. The molecule has 106 valence electrons. The normalized spacial score (nSPS) is 16.7. The number of anilines is 1. The summed E-state index contributed by atoms with van der Waals surface area (Å²) in [5.41, 5.74) is 1.03. The number of aromatic amines is 1. The predicted molar refractivity (Wildman–Crippen MR) is 76.7 cm³/mol. The Bertz CT molecular complexity index is 633. The molecule has 3 heterocycles. The Balaban J connectivity index is 1.65. The fourth-order valence-corrected chi connectivity index (χ4v) is 2.41. The first-order chi connectivity index (χ1) is 9.56. The van der Waals surface area contributed by atoms with Crippen LogP contribution >= 0.6 is 0 Å². The van der Waals surface area contributed by atoms with E-state index in [-0.39, 0.29) is 11.4 Å². The molecule has 2 aromatic rings. The number of H-pyrrole nitrogens is 1. The SMILES string of the molecule is CN(CC1(C)COC1)C(=O)Nc1cc2cc[nH]c2cn1. The summed E-state index contributed by atoms with van der Waals surface area (Å²) in [6.45, 7) is 4.20. The Kier molecular flexibility index (Phi) is 3.10. The van der Waals surface area contributed by atoms with Gasteiger partial charge in [0.2, 0.25) is 0 Å². The number of urea groups is 1. The highest BCUT2D eigenvalue weighted by Crippen LogP contribution is 2.27. The van der Waals surface area contributed by atoms with Gasteiger partial charge in [-0.1, -0.05) is 6.92 Å². The molecule has 0 atom stereocenters. The second-order valence-electron chi connectivity index (χ2n) is 5.72. The predicted octanol–water partition coefficient (Wildman–Crippen LogP) is 2.06. The van der Waals surface area contributed by atoms with E-state index >= 15 is 0 Å². The van der Waals surface area contributed by atoms with Gasteiger partial charge in [0.15, 0.2) is 0 Å². The van der Waals surface area contributed by atoms with E-state index in [1.54, 1.807) is 18.1 Å². The molecule has 0 bridgehead atoms. The molecule has 0 saturated carbocycles. The number of hydrogen-bond acceptors (Lipinski definition) is 3. The maximum absolute atomic E-state index is 12.1. The van der Waals surface area contributed by atoms with Crippen LogP contribution in [0.5, 0.6) is 0 Å². The first-order valence-electron chi connectivity index (χ1n) is 6.59. The van der Waals surface area contributed by atoms with Gasteiger partial charge >= 0.3 is 6.03 Å². The molecule has 2 amide bonds. The highest BCUT2D eigenvalue weighted by molar-refractivity contribution is 5.91. The fraction of sp³-hybridized carbons (Fsp3) is 0.429.